The molecule has 4 rings (SSSR count). The standard InChI is InChI=1S/C31H33N5O6/c32-17-28(38)34-25(14-20-10-12-22(37)13-11-20)29(39)35-26(16-21-18-33-24-9-5-4-8-23(21)24)30(40)36-27(31(41)42)15-19-6-2-1-3-7-19/h1-13,18,25-27,33,37H,14-17,32H2,(H,34,38)(H,35,39)(H,36,40)(H,41,42). The molecule has 218 valence electrons. The first-order valence-electron chi connectivity index (χ1n) is 13.4. The van der Waals surface area contributed by atoms with Crippen LogP contribution in [0.2, 0.25) is 0 Å². The normalized spacial score (nSPS) is 13.1. The third kappa shape index (κ3) is 7.95. The topological polar surface area (TPSA) is 187 Å². The number of hydrogen-bond donors (Lipinski definition) is 7. The fraction of sp³-hybridized carbons (Fsp3) is 0.226. The number of carbonyl (C=O) groups is 4. The molecule has 0 saturated carbocycles. The van der Waals surface area contributed by atoms with E-state index in [1.54, 1.807) is 42.6 Å². The second-order valence-electron chi connectivity index (χ2n) is 9.91. The van der Waals surface area contributed by atoms with Crippen LogP contribution in [0.3, 0.4) is 0 Å². The van der Waals surface area contributed by atoms with Crippen molar-refractivity contribution in [1.82, 2.24) is 20.9 Å². The smallest absolute Gasteiger partial charge is 0.326 e. The molecule has 0 aliphatic carbocycles. The van der Waals surface area contributed by atoms with Gasteiger partial charge in [-0.1, -0.05) is 60.7 Å². The molecule has 11 nitrogen and oxygen atoms in total. The zero-order valence-electron chi connectivity index (χ0n) is 22.7. The number of fused-ring (bicyclic) bond motifs is 1. The van der Waals surface area contributed by atoms with Crippen LogP contribution in [0.1, 0.15) is 16.7 Å². The number of para-hydroxylation sites is 1. The van der Waals surface area contributed by atoms with E-state index in [1.165, 1.54) is 12.1 Å². The molecule has 3 amide bonds. The number of benzene rings is 3. The first-order valence-corrected chi connectivity index (χ1v) is 13.4. The Hall–Kier alpha value is -5.16. The molecule has 3 aromatic carbocycles. The Labute approximate surface area is 242 Å². The molecular formula is C31H33N5O6. The largest absolute Gasteiger partial charge is 0.508 e. The summed E-state index contributed by atoms with van der Waals surface area (Å²) < 4.78 is 0. The first kappa shape index (κ1) is 29.8. The highest BCUT2D eigenvalue weighted by Gasteiger charge is 2.30. The van der Waals surface area contributed by atoms with E-state index in [-0.39, 0.29) is 31.6 Å². The van der Waals surface area contributed by atoms with Crippen molar-refractivity contribution in [3.63, 3.8) is 0 Å². The van der Waals surface area contributed by atoms with Crippen LogP contribution in [0.4, 0.5) is 0 Å². The molecule has 3 unspecified atom stereocenters. The number of H-pyrrole nitrogens is 1. The number of amides is 3. The minimum absolute atomic E-state index is 0.0460. The lowest BCUT2D eigenvalue weighted by molar-refractivity contribution is -0.142. The molecule has 0 aliphatic heterocycles. The van der Waals surface area contributed by atoms with Gasteiger partial charge in [0.15, 0.2) is 0 Å². The van der Waals surface area contributed by atoms with Crippen LogP contribution in [0.5, 0.6) is 5.75 Å². The van der Waals surface area contributed by atoms with E-state index in [4.69, 9.17) is 5.73 Å². The fourth-order valence-electron chi connectivity index (χ4n) is 4.65. The van der Waals surface area contributed by atoms with Gasteiger partial charge in [-0.2, -0.15) is 0 Å². The summed E-state index contributed by atoms with van der Waals surface area (Å²) in [6, 6.07) is 19.0. The molecule has 0 saturated heterocycles. The number of aromatic hydroxyl groups is 1. The van der Waals surface area contributed by atoms with Crippen molar-refractivity contribution in [1.29, 1.82) is 0 Å². The van der Waals surface area contributed by atoms with E-state index < -0.39 is 41.8 Å². The Balaban J connectivity index is 1.59. The van der Waals surface area contributed by atoms with Crippen molar-refractivity contribution < 1.29 is 29.4 Å². The zero-order valence-corrected chi connectivity index (χ0v) is 22.7. The van der Waals surface area contributed by atoms with E-state index in [0.717, 1.165) is 22.0 Å². The lowest BCUT2D eigenvalue weighted by Gasteiger charge is -2.25. The summed E-state index contributed by atoms with van der Waals surface area (Å²) in [5.41, 5.74) is 8.42. The number of aromatic amines is 1. The molecule has 1 aromatic heterocycles. The highest BCUT2D eigenvalue weighted by atomic mass is 16.4. The minimum atomic E-state index is -1.24. The van der Waals surface area contributed by atoms with Crippen LogP contribution in [-0.2, 0) is 38.4 Å². The molecule has 0 spiro atoms. The summed E-state index contributed by atoms with van der Waals surface area (Å²) in [6.45, 7) is -0.349. The minimum Gasteiger partial charge on any atom is -0.508 e. The summed E-state index contributed by atoms with van der Waals surface area (Å²) in [7, 11) is 0. The van der Waals surface area contributed by atoms with Crippen LogP contribution in [0.15, 0.2) is 85.1 Å². The van der Waals surface area contributed by atoms with Crippen molar-refractivity contribution in [2.75, 3.05) is 6.54 Å². The molecule has 4 aromatic rings. The average molecular weight is 572 g/mol. The molecule has 0 radical (unpaired) electrons. The number of hydrogen-bond acceptors (Lipinski definition) is 6. The number of carbonyl (C=O) groups excluding carboxylic acids is 3. The average Bonchev–Trinajstić information content (AvgIpc) is 3.40. The summed E-state index contributed by atoms with van der Waals surface area (Å²) in [4.78, 5) is 54.6. The summed E-state index contributed by atoms with van der Waals surface area (Å²) in [5, 5.41) is 28.2. The van der Waals surface area contributed by atoms with Crippen molar-refractivity contribution in [2.45, 2.75) is 37.4 Å². The van der Waals surface area contributed by atoms with E-state index in [9.17, 15) is 29.4 Å². The van der Waals surface area contributed by atoms with Gasteiger partial charge in [0.1, 0.15) is 23.9 Å². The number of phenols is 1. The van der Waals surface area contributed by atoms with Gasteiger partial charge in [0.2, 0.25) is 17.7 Å². The number of aromatic nitrogens is 1. The maximum atomic E-state index is 13.6. The van der Waals surface area contributed by atoms with Crippen molar-refractivity contribution in [3.05, 3.63) is 102 Å². The molecule has 0 bridgehead atoms. The molecule has 42 heavy (non-hydrogen) atoms. The van der Waals surface area contributed by atoms with E-state index in [0.29, 0.717) is 5.56 Å². The molecule has 3 atom stereocenters. The van der Waals surface area contributed by atoms with Gasteiger partial charge in [0, 0.05) is 36.4 Å². The van der Waals surface area contributed by atoms with Gasteiger partial charge >= 0.3 is 5.97 Å². The highest BCUT2D eigenvalue weighted by molar-refractivity contribution is 5.94. The number of phenolic OH excluding ortho intramolecular Hbond substituents is 1. The highest BCUT2D eigenvalue weighted by Crippen LogP contribution is 2.20. The summed E-state index contributed by atoms with van der Waals surface area (Å²) in [5.74, 6) is -3.08. The lowest BCUT2D eigenvalue weighted by Crippen LogP contribution is -2.57. The van der Waals surface area contributed by atoms with Crippen LogP contribution >= 0.6 is 0 Å². The number of nitrogens with two attached hydrogens (primary N) is 1. The van der Waals surface area contributed by atoms with Crippen LogP contribution in [-0.4, -0.2) is 63.6 Å². The van der Waals surface area contributed by atoms with Gasteiger partial charge < -0.3 is 36.9 Å². The van der Waals surface area contributed by atoms with Crippen molar-refractivity contribution in [3.8, 4) is 5.75 Å². The van der Waals surface area contributed by atoms with Gasteiger partial charge in [0.05, 0.1) is 6.54 Å². The molecule has 0 fully saturated rings. The van der Waals surface area contributed by atoms with Gasteiger partial charge in [-0.15, -0.1) is 0 Å². The second kappa shape index (κ2) is 14.0. The monoisotopic (exact) mass is 571 g/mol. The quantitative estimate of drug-likeness (QED) is 0.126. The Kier molecular flexibility index (Phi) is 9.90. The lowest BCUT2D eigenvalue weighted by atomic mass is 10.0. The third-order valence-electron chi connectivity index (χ3n) is 6.84. The SMILES string of the molecule is NCC(=O)NC(Cc1ccc(O)cc1)C(=O)NC(Cc1c[nH]c2ccccc12)C(=O)NC(Cc1ccccc1)C(=O)O. The van der Waals surface area contributed by atoms with Crippen LogP contribution in [0.25, 0.3) is 10.9 Å². The van der Waals surface area contributed by atoms with E-state index >= 15 is 0 Å². The van der Waals surface area contributed by atoms with Gasteiger partial charge in [-0.3, -0.25) is 14.4 Å². The number of carboxylic acid groups (broad SMARTS) is 1. The van der Waals surface area contributed by atoms with Crippen molar-refractivity contribution in [2.24, 2.45) is 5.73 Å². The van der Waals surface area contributed by atoms with Gasteiger partial charge in [-0.25, -0.2) is 4.79 Å². The number of carboxylic acids is 1. The predicted molar refractivity (Wildman–Crippen MR) is 156 cm³/mol. The second-order valence-corrected chi connectivity index (χ2v) is 9.91. The first-order chi connectivity index (χ1) is 20.2. The molecule has 1 heterocycles. The Bertz CT molecular complexity index is 1540. The van der Waals surface area contributed by atoms with E-state index in [1.807, 2.05) is 30.3 Å². The third-order valence-corrected chi connectivity index (χ3v) is 6.84. The number of nitrogens with one attached hydrogen (secondary N) is 4. The Morgan fingerprint density at radius 1 is 0.714 bits per heavy atom. The molecule has 0 aliphatic rings. The summed E-state index contributed by atoms with van der Waals surface area (Å²) >= 11 is 0. The maximum absolute atomic E-state index is 13.6. The Morgan fingerprint density at radius 3 is 1.95 bits per heavy atom. The fourth-order valence-corrected chi connectivity index (χ4v) is 4.65. The van der Waals surface area contributed by atoms with Crippen LogP contribution < -0.4 is 21.7 Å². The molecule has 11 heteroatoms. The molecular weight excluding hydrogens is 538 g/mol. The van der Waals surface area contributed by atoms with Gasteiger partial charge in [-0.05, 0) is 34.9 Å². The number of rotatable bonds is 13. The van der Waals surface area contributed by atoms with E-state index in [2.05, 4.69) is 20.9 Å². The van der Waals surface area contributed by atoms with Crippen molar-refractivity contribution >= 4 is 34.6 Å². The van der Waals surface area contributed by atoms with Crippen LogP contribution in [0, 0.1) is 0 Å². The Morgan fingerprint density at radius 2 is 1.29 bits per heavy atom. The number of aliphatic carboxylic acids is 1. The predicted octanol–water partition coefficient (Wildman–Crippen LogP) is 1.40. The zero-order chi connectivity index (χ0) is 30.1. The maximum Gasteiger partial charge on any atom is 0.326 e. The van der Waals surface area contributed by atoms with Gasteiger partial charge in [0.25, 0.3) is 0 Å². The summed E-state index contributed by atoms with van der Waals surface area (Å²) in [6.07, 6.45) is 1.90. The molecule has 8 N–H and O–H groups in total.